The first-order valence-electron chi connectivity index (χ1n) is 9.95. The van der Waals surface area contributed by atoms with Crippen LogP contribution in [0.15, 0.2) is 30.8 Å². The highest BCUT2D eigenvalue weighted by molar-refractivity contribution is 5.48. The van der Waals surface area contributed by atoms with Crippen molar-refractivity contribution in [3.63, 3.8) is 0 Å². The van der Waals surface area contributed by atoms with E-state index in [1.807, 2.05) is 20.8 Å². The maximum Gasteiger partial charge on any atom is 0.430 e. The van der Waals surface area contributed by atoms with E-state index >= 15 is 0 Å². The number of rotatable bonds is 7. The Morgan fingerprint density at radius 3 is 2.07 bits per heavy atom. The zero-order valence-electron chi connectivity index (χ0n) is 17.3. The van der Waals surface area contributed by atoms with Crippen LogP contribution in [0.2, 0.25) is 0 Å². The van der Waals surface area contributed by atoms with Crippen LogP contribution in [0, 0.1) is 17.8 Å². The third-order valence-corrected chi connectivity index (χ3v) is 5.87. The van der Waals surface area contributed by atoms with Gasteiger partial charge in [-0.2, -0.15) is 26.3 Å². The molecule has 170 valence electrons. The van der Waals surface area contributed by atoms with Gasteiger partial charge in [-0.1, -0.05) is 64.1 Å². The summed E-state index contributed by atoms with van der Waals surface area (Å²) in [5, 5.41) is 0. The van der Waals surface area contributed by atoms with Crippen LogP contribution in [0.1, 0.15) is 51.2 Å². The summed E-state index contributed by atoms with van der Waals surface area (Å²) in [6, 6.07) is 3.79. The molecule has 1 fully saturated rings. The normalized spacial score (nSPS) is 23.6. The molecular formula is C22H28F6O2. The first-order valence-corrected chi connectivity index (χ1v) is 9.95. The summed E-state index contributed by atoms with van der Waals surface area (Å²) in [6.45, 7) is 8.27. The lowest BCUT2D eigenvalue weighted by molar-refractivity contribution is -0.404. The average molecular weight is 438 g/mol. The quantitative estimate of drug-likeness (QED) is 0.334. The standard InChI is InChI=1S/C22H28F6O2/c1-5-16-7-9-17(10-8-16)20(21(23,24)25,22(26,27)28)30-13-29-19-12-15(4)6-11-18(19)14(2)3/h5,7-10,14-15,18-19H,1,6,11-13H2,2-4H3. The van der Waals surface area contributed by atoms with Crippen molar-refractivity contribution in [2.75, 3.05) is 6.79 Å². The molecule has 0 aromatic heterocycles. The molecule has 1 aromatic carbocycles. The zero-order valence-corrected chi connectivity index (χ0v) is 17.3. The van der Waals surface area contributed by atoms with Crippen molar-refractivity contribution in [2.24, 2.45) is 17.8 Å². The predicted molar refractivity (Wildman–Crippen MR) is 102 cm³/mol. The Morgan fingerprint density at radius 2 is 1.60 bits per heavy atom. The minimum absolute atomic E-state index is 0.0582. The van der Waals surface area contributed by atoms with Gasteiger partial charge in [-0.15, -0.1) is 0 Å². The smallest absolute Gasteiger partial charge is 0.352 e. The highest BCUT2D eigenvalue weighted by Crippen LogP contribution is 2.53. The number of alkyl halides is 6. The van der Waals surface area contributed by atoms with Crippen molar-refractivity contribution in [3.8, 4) is 0 Å². The first-order chi connectivity index (χ1) is 13.8. The Morgan fingerprint density at radius 1 is 1.03 bits per heavy atom. The summed E-state index contributed by atoms with van der Waals surface area (Å²) in [6.07, 6.45) is -8.25. The second-order valence-corrected chi connectivity index (χ2v) is 8.30. The SMILES string of the molecule is C=Cc1ccc(C(OCOC2CC(C)CCC2C(C)C)(C(F)(F)F)C(F)(F)F)cc1. The third-order valence-electron chi connectivity index (χ3n) is 5.87. The van der Waals surface area contributed by atoms with Gasteiger partial charge in [0.05, 0.1) is 6.10 Å². The highest BCUT2D eigenvalue weighted by atomic mass is 19.4. The Hall–Kier alpha value is -1.54. The molecule has 1 aliphatic rings. The van der Waals surface area contributed by atoms with Crippen molar-refractivity contribution < 1.29 is 35.8 Å². The van der Waals surface area contributed by atoms with Gasteiger partial charge in [-0.3, -0.25) is 0 Å². The van der Waals surface area contributed by atoms with E-state index < -0.39 is 36.4 Å². The number of hydrogen-bond acceptors (Lipinski definition) is 2. The van der Waals surface area contributed by atoms with Crippen LogP contribution >= 0.6 is 0 Å². The number of hydrogen-bond donors (Lipinski definition) is 0. The van der Waals surface area contributed by atoms with E-state index in [9.17, 15) is 26.3 Å². The molecule has 0 amide bonds. The molecule has 3 unspecified atom stereocenters. The van der Waals surface area contributed by atoms with Crippen molar-refractivity contribution in [3.05, 3.63) is 42.0 Å². The second kappa shape index (κ2) is 9.30. The lowest BCUT2D eigenvalue weighted by Gasteiger charge is -2.40. The molecule has 0 bridgehead atoms. The summed E-state index contributed by atoms with van der Waals surface area (Å²) >= 11 is 0. The topological polar surface area (TPSA) is 18.5 Å². The summed E-state index contributed by atoms with van der Waals surface area (Å²) in [4.78, 5) is 0. The molecule has 0 radical (unpaired) electrons. The summed E-state index contributed by atoms with van der Waals surface area (Å²) in [5.74, 6) is 0.540. The number of benzene rings is 1. The van der Waals surface area contributed by atoms with Crippen LogP contribution in [0.4, 0.5) is 26.3 Å². The molecule has 8 heteroatoms. The van der Waals surface area contributed by atoms with E-state index in [4.69, 9.17) is 4.74 Å². The van der Waals surface area contributed by atoms with Gasteiger partial charge in [0.2, 0.25) is 0 Å². The van der Waals surface area contributed by atoms with Crippen molar-refractivity contribution >= 4 is 6.08 Å². The van der Waals surface area contributed by atoms with E-state index in [0.717, 1.165) is 37.1 Å². The molecule has 0 heterocycles. The van der Waals surface area contributed by atoms with Gasteiger partial charge >= 0.3 is 12.4 Å². The summed E-state index contributed by atoms with van der Waals surface area (Å²) in [5.41, 5.74) is -5.13. The molecule has 30 heavy (non-hydrogen) atoms. The molecular weight excluding hydrogens is 410 g/mol. The van der Waals surface area contributed by atoms with E-state index in [1.165, 1.54) is 6.08 Å². The molecule has 3 atom stereocenters. The van der Waals surface area contributed by atoms with Gasteiger partial charge in [0, 0.05) is 5.56 Å². The van der Waals surface area contributed by atoms with Crippen molar-refractivity contribution in [1.29, 1.82) is 0 Å². The molecule has 1 aliphatic carbocycles. The molecule has 0 spiro atoms. The maximum atomic E-state index is 13.9. The second-order valence-electron chi connectivity index (χ2n) is 8.30. The predicted octanol–water partition coefficient (Wildman–Crippen LogP) is 7.10. The molecule has 2 rings (SSSR count). The van der Waals surface area contributed by atoms with Crippen LogP contribution in [-0.4, -0.2) is 25.2 Å². The van der Waals surface area contributed by atoms with Crippen LogP contribution in [0.3, 0.4) is 0 Å². The van der Waals surface area contributed by atoms with Crippen LogP contribution in [-0.2, 0) is 15.1 Å². The fraction of sp³-hybridized carbons (Fsp3) is 0.636. The first kappa shape index (κ1) is 24.7. The monoisotopic (exact) mass is 438 g/mol. The van der Waals surface area contributed by atoms with E-state index in [1.54, 1.807) is 0 Å². The molecule has 0 aliphatic heterocycles. The minimum atomic E-state index is -5.73. The fourth-order valence-electron chi connectivity index (χ4n) is 4.11. The number of halogens is 6. The Labute approximate surface area is 173 Å². The third kappa shape index (κ3) is 5.02. The molecule has 1 saturated carbocycles. The van der Waals surface area contributed by atoms with Crippen molar-refractivity contribution in [2.45, 2.75) is 64.1 Å². The zero-order chi connectivity index (χ0) is 22.7. The summed E-state index contributed by atoms with van der Waals surface area (Å²) < 4.78 is 93.2. The molecule has 0 N–H and O–H groups in total. The van der Waals surface area contributed by atoms with Gasteiger partial charge in [0.25, 0.3) is 5.60 Å². The summed E-state index contributed by atoms with van der Waals surface area (Å²) in [7, 11) is 0. The lowest BCUT2D eigenvalue weighted by Crippen LogP contribution is -2.56. The van der Waals surface area contributed by atoms with Gasteiger partial charge in [0.1, 0.15) is 6.79 Å². The van der Waals surface area contributed by atoms with Crippen LogP contribution in [0.5, 0.6) is 0 Å². The van der Waals surface area contributed by atoms with Gasteiger partial charge in [-0.25, -0.2) is 0 Å². The fourth-order valence-corrected chi connectivity index (χ4v) is 4.11. The van der Waals surface area contributed by atoms with Gasteiger partial charge in [0.15, 0.2) is 0 Å². The molecule has 1 aromatic rings. The van der Waals surface area contributed by atoms with Crippen LogP contribution in [0.25, 0.3) is 6.08 Å². The molecule has 0 saturated heterocycles. The lowest BCUT2D eigenvalue weighted by atomic mass is 9.75. The Kier molecular flexibility index (Phi) is 7.67. The van der Waals surface area contributed by atoms with Crippen LogP contribution < -0.4 is 0 Å². The maximum absolute atomic E-state index is 13.9. The van der Waals surface area contributed by atoms with Gasteiger partial charge < -0.3 is 9.47 Å². The average Bonchev–Trinajstić information content (AvgIpc) is 2.63. The van der Waals surface area contributed by atoms with Gasteiger partial charge in [-0.05, 0) is 36.2 Å². The minimum Gasteiger partial charge on any atom is -0.352 e. The number of ether oxygens (including phenoxy) is 2. The van der Waals surface area contributed by atoms with E-state index in [0.29, 0.717) is 12.0 Å². The largest absolute Gasteiger partial charge is 0.430 e. The Bertz CT molecular complexity index is 679. The van der Waals surface area contributed by atoms with E-state index in [2.05, 4.69) is 11.3 Å². The Balaban J connectivity index is 2.32. The molecule has 2 nitrogen and oxygen atoms in total. The van der Waals surface area contributed by atoms with E-state index in [-0.39, 0.29) is 17.8 Å². The highest BCUT2D eigenvalue weighted by Gasteiger charge is 2.73. The van der Waals surface area contributed by atoms with Crippen molar-refractivity contribution in [1.82, 2.24) is 0 Å².